The van der Waals surface area contributed by atoms with Gasteiger partial charge < -0.3 is 9.52 Å². The fraction of sp³-hybridized carbons (Fsp3) is 0.600. The van der Waals surface area contributed by atoms with Crippen molar-refractivity contribution in [3.63, 3.8) is 0 Å². The average molecular weight is 168 g/mol. The molecule has 0 fully saturated rings. The molecular formula is C10H16O2. The Hall–Kier alpha value is -0.760. The highest BCUT2D eigenvalue weighted by Crippen LogP contribution is 2.27. The van der Waals surface area contributed by atoms with Crippen LogP contribution >= 0.6 is 0 Å². The van der Waals surface area contributed by atoms with E-state index in [1.807, 2.05) is 13.0 Å². The van der Waals surface area contributed by atoms with Crippen LogP contribution in [-0.4, -0.2) is 5.11 Å². The van der Waals surface area contributed by atoms with E-state index in [0.29, 0.717) is 5.92 Å². The van der Waals surface area contributed by atoms with E-state index in [4.69, 9.17) is 4.42 Å². The summed E-state index contributed by atoms with van der Waals surface area (Å²) >= 11 is 0. The van der Waals surface area contributed by atoms with Gasteiger partial charge in [0.1, 0.15) is 0 Å². The summed E-state index contributed by atoms with van der Waals surface area (Å²) in [5.41, 5.74) is 0.871. The Balaban J connectivity index is 2.65. The minimum Gasteiger partial charge on any atom is -0.472 e. The fourth-order valence-corrected chi connectivity index (χ4v) is 1.11. The van der Waals surface area contributed by atoms with Gasteiger partial charge in [0, 0.05) is 5.56 Å². The number of aliphatic hydroxyl groups is 1. The summed E-state index contributed by atoms with van der Waals surface area (Å²) in [5, 5.41) is 9.79. The predicted octanol–water partition coefficient (Wildman–Crippen LogP) is 2.61. The Morgan fingerprint density at radius 3 is 2.42 bits per heavy atom. The van der Waals surface area contributed by atoms with E-state index >= 15 is 0 Å². The first-order valence-electron chi connectivity index (χ1n) is 4.33. The molecule has 1 N–H and O–H groups in total. The van der Waals surface area contributed by atoms with Gasteiger partial charge in [-0.2, -0.15) is 0 Å². The zero-order chi connectivity index (χ0) is 9.14. The van der Waals surface area contributed by atoms with Crippen LogP contribution in [0, 0.1) is 11.8 Å². The molecule has 0 radical (unpaired) electrons. The number of furan rings is 1. The summed E-state index contributed by atoms with van der Waals surface area (Å²) in [5.74, 6) is 0.748. The van der Waals surface area contributed by atoms with Crippen molar-refractivity contribution < 1.29 is 9.52 Å². The van der Waals surface area contributed by atoms with Crippen LogP contribution in [0.25, 0.3) is 0 Å². The summed E-state index contributed by atoms with van der Waals surface area (Å²) in [4.78, 5) is 0. The van der Waals surface area contributed by atoms with Crippen LogP contribution in [0.2, 0.25) is 0 Å². The second-order valence-corrected chi connectivity index (χ2v) is 3.60. The van der Waals surface area contributed by atoms with Gasteiger partial charge in [-0.05, 0) is 17.9 Å². The molecule has 0 saturated carbocycles. The van der Waals surface area contributed by atoms with Crippen molar-refractivity contribution in [3.8, 4) is 0 Å². The Morgan fingerprint density at radius 1 is 1.33 bits per heavy atom. The summed E-state index contributed by atoms with van der Waals surface area (Å²) in [6.07, 6.45) is 2.79. The molecule has 0 aliphatic rings. The van der Waals surface area contributed by atoms with Crippen LogP contribution in [0.3, 0.4) is 0 Å². The average Bonchev–Trinajstić information content (AvgIpc) is 2.53. The molecule has 2 atom stereocenters. The number of aliphatic hydroxyl groups excluding tert-OH is 1. The highest BCUT2D eigenvalue weighted by Gasteiger charge is 2.19. The Kier molecular flexibility index (Phi) is 2.93. The lowest BCUT2D eigenvalue weighted by Crippen LogP contribution is -2.14. The van der Waals surface area contributed by atoms with Crippen molar-refractivity contribution in [1.29, 1.82) is 0 Å². The minimum absolute atomic E-state index is 0.266. The lowest BCUT2D eigenvalue weighted by atomic mass is 9.89. The molecule has 0 amide bonds. The Morgan fingerprint density at radius 2 is 2.00 bits per heavy atom. The molecule has 2 nitrogen and oxygen atoms in total. The first-order valence-corrected chi connectivity index (χ1v) is 4.33. The van der Waals surface area contributed by atoms with Crippen molar-refractivity contribution in [1.82, 2.24) is 0 Å². The molecule has 2 unspecified atom stereocenters. The molecule has 12 heavy (non-hydrogen) atoms. The third-order valence-electron chi connectivity index (χ3n) is 2.43. The van der Waals surface area contributed by atoms with Gasteiger partial charge in [-0.1, -0.05) is 20.8 Å². The summed E-state index contributed by atoms with van der Waals surface area (Å²) < 4.78 is 4.91. The molecule has 0 bridgehead atoms. The van der Waals surface area contributed by atoms with E-state index < -0.39 is 6.10 Å². The minimum atomic E-state index is -0.399. The smallest absolute Gasteiger partial charge is 0.0960 e. The van der Waals surface area contributed by atoms with Gasteiger partial charge in [0.25, 0.3) is 0 Å². The summed E-state index contributed by atoms with van der Waals surface area (Å²) in [6, 6.07) is 1.81. The zero-order valence-corrected chi connectivity index (χ0v) is 7.82. The van der Waals surface area contributed by atoms with E-state index in [-0.39, 0.29) is 5.92 Å². The van der Waals surface area contributed by atoms with E-state index in [0.717, 1.165) is 5.56 Å². The maximum atomic E-state index is 9.79. The molecule has 68 valence electrons. The summed E-state index contributed by atoms with van der Waals surface area (Å²) in [6.45, 7) is 6.25. The fourth-order valence-electron chi connectivity index (χ4n) is 1.11. The van der Waals surface area contributed by atoms with Crippen LogP contribution in [0.1, 0.15) is 32.4 Å². The highest BCUT2D eigenvalue weighted by molar-refractivity contribution is 5.10. The molecule has 1 rings (SSSR count). The van der Waals surface area contributed by atoms with E-state index in [1.54, 1.807) is 12.5 Å². The molecule has 0 aliphatic heterocycles. The highest BCUT2D eigenvalue weighted by atomic mass is 16.3. The van der Waals surface area contributed by atoms with Gasteiger partial charge in [-0.25, -0.2) is 0 Å². The lowest BCUT2D eigenvalue weighted by Gasteiger charge is -2.20. The van der Waals surface area contributed by atoms with E-state index in [9.17, 15) is 5.11 Å². The van der Waals surface area contributed by atoms with Crippen LogP contribution < -0.4 is 0 Å². The maximum absolute atomic E-state index is 9.79. The molecule has 0 aromatic carbocycles. The van der Waals surface area contributed by atoms with Gasteiger partial charge in [0.15, 0.2) is 0 Å². The van der Waals surface area contributed by atoms with Crippen LogP contribution in [0.5, 0.6) is 0 Å². The van der Waals surface area contributed by atoms with Gasteiger partial charge in [0.2, 0.25) is 0 Å². The first kappa shape index (κ1) is 9.33. The van der Waals surface area contributed by atoms with Crippen molar-refractivity contribution in [2.75, 3.05) is 0 Å². The maximum Gasteiger partial charge on any atom is 0.0960 e. The van der Waals surface area contributed by atoms with Crippen molar-refractivity contribution in [3.05, 3.63) is 24.2 Å². The number of hydrogen-bond donors (Lipinski definition) is 1. The van der Waals surface area contributed by atoms with Crippen molar-refractivity contribution in [2.45, 2.75) is 26.9 Å². The first-order chi connectivity index (χ1) is 5.63. The molecule has 0 saturated heterocycles. The van der Waals surface area contributed by atoms with E-state index in [2.05, 4.69) is 13.8 Å². The standard InChI is InChI=1S/C10H16O2/c1-7(2)8(3)10(11)9-4-5-12-6-9/h4-8,10-11H,1-3H3. The van der Waals surface area contributed by atoms with Gasteiger partial charge in [-0.3, -0.25) is 0 Å². The molecule has 1 aromatic heterocycles. The van der Waals surface area contributed by atoms with Crippen LogP contribution in [0.15, 0.2) is 23.0 Å². The lowest BCUT2D eigenvalue weighted by molar-refractivity contribution is 0.0915. The second-order valence-electron chi connectivity index (χ2n) is 3.60. The Bertz CT molecular complexity index is 214. The monoisotopic (exact) mass is 168 g/mol. The van der Waals surface area contributed by atoms with Gasteiger partial charge in [-0.15, -0.1) is 0 Å². The molecule has 1 heterocycles. The van der Waals surface area contributed by atoms with Gasteiger partial charge >= 0.3 is 0 Å². The largest absolute Gasteiger partial charge is 0.472 e. The molecule has 0 aliphatic carbocycles. The third-order valence-corrected chi connectivity index (χ3v) is 2.43. The van der Waals surface area contributed by atoms with E-state index in [1.165, 1.54) is 0 Å². The van der Waals surface area contributed by atoms with Crippen molar-refractivity contribution in [2.24, 2.45) is 11.8 Å². The van der Waals surface area contributed by atoms with Crippen LogP contribution in [0.4, 0.5) is 0 Å². The predicted molar refractivity (Wildman–Crippen MR) is 47.7 cm³/mol. The SMILES string of the molecule is CC(C)C(C)C(O)c1ccoc1. The molecule has 2 heteroatoms. The molecule has 1 aromatic rings. The Labute approximate surface area is 73.2 Å². The topological polar surface area (TPSA) is 33.4 Å². The normalized spacial score (nSPS) is 16.4. The van der Waals surface area contributed by atoms with Crippen LogP contribution in [-0.2, 0) is 0 Å². The zero-order valence-electron chi connectivity index (χ0n) is 7.82. The summed E-state index contributed by atoms with van der Waals surface area (Å²) in [7, 11) is 0. The van der Waals surface area contributed by atoms with Crippen molar-refractivity contribution >= 4 is 0 Å². The molecular weight excluding hydrogens is 152 g/mol. The molecule has 0 spiro atoms. The third kappa shape index (κ3) is 1.89. The number of rotatable bonds is 3. The van der Waals surface area contributed by atoms with Gasteiger partial charge in [0.05, 0.1) is 18.6 Å². The quantitative estimate of drug-likeness (QED) is 0.752. The second kappa shape index (κ2) is 3.76. The number of hydrogen-bond acceptors (Lipinski definition) is 2.